The van der Waals surface area contributed by atoms with Crippen LogP contribution >= 0.6 is 11.8 Å². The number of amides is 1. The molecule has 8 heteroatoms. The quantitative estimate of drug-likeness (QED) is 0.837. The highest BCUT2D eigenvalue weighted by atomic mass is 32.2. The van der Waals surface area contributed by atoms with E-state index >= 15 is 0 Å². The van der Waals surface area contributed by atoms with E-state index < -0.39 is 0 Å². The molecular formula is C14H20N6OS. The lowest BCUT2D eigenvalue weighted by atomic mass is 10.4. The van der Waals surface area contributed by atoms with Crippen molar-refractivity contribution in [3.63, 3.8) is 0 Å². The molecule has 0 unspecified atom stereocenters. The molecule has 1 amide bonds. The third-order valence-electron chi connectivity index (χ3n) is 3.76. The van der Waals surface area contributed by atoms with Crippen LogP contribution in [0.15, 0.2) is 17.6 Å². The van der Waals surface area contributed by atoms with Gasteiger partial charge >= 0.3 is 0 Å². The minimum atomic E-state index is -0.0978. The van der Waals surface area contributed by atoms with Gasteiger partial charge in [0.15, 0.2) is 5.16 Å². The minimum absolute atomic E-state index is 0.0978. The van der Waals surface area contributed by atoms with Gasteiger partial charge in [0.25, 0.3) is 0 Å². The predicted octanol–water partition coefficient (Wildman–Crippen LogP) is 1.63. The Morgan fingerprint density at radius 2 is 2.23 bits per heavy atom. The maximum absolute atomic E-state index is 12.6. The topological polar surface area (TPSA) is 68.8 Å². The normalized spacial score (nSPS) is 18.4. The van der Waals surface area contributed by atoms with Gasteiger partial charge in [0.1, 0.15) is 5.82 Å². The molecule has 22 heavy (non-hydrogen) atoms. The second kappa shape index (κ2) is 6.12. The second-order valence-corrected chi connectivity index (χ2v) is 6.61. The summed E-state index contributed by atoms with van der Waals surface area (Å²) < 4.78 is 3.80. The van der Waals surface area contributed by atoms with Crippen molar-refractivity contribution in [2.45, 2.75) is 43.6 Å². The molecule has 0 saturated carbocycles. The first kappa shape index (κ1) is 15.1. The molecule has 0 radical (unpaired) electrons. The molecule has 0 N–H and O–H groups in total. The second-order valence-electron chi connectivity index (χ2n) is 5.44. The lowest BCUT2D eigenvalue weighted by molar-refractivity contribution is -0.116. The average Bonchev–Trinajstić information content (AvgIpc) is 3.16. The van der Waals surface area contributed by atoms with Crippen LogP contribution in [0, 0.1) is 6.92 Å². The SMILES string of the molecule is CCCn1c(C)nnc1S[C@@H]1CCN(c2cnn(C)c2)C1=O. The summed E-state index contributed by atoms with van der Waals surface area (Å²) in [4.78, 5) is 14.4. The predicted molar refractivity (Wildman–Crippen MR) is 84.9 cm³/mol. The number of hydrogen-bond donors (Lipinski definition) is 0. The molecule has 7 nitrogen and oxygen atoms in total. The van der Waals surface area contributed by atoms with Crippen LogP contribution in [0.3, 0.4) is 0 Å². The Morgan fingerprint density at radius 1 is 1.41 bits per heavy atom. The van der Waals surface area contributed by atoms with Crippen LogP contribution in [0.25, 0.3) is 0 Å². The van der Waals surface area contributed by atoms with Crippen molar-refractivity contribution in [1.82, 2.24) is 24.5 Å². The molecule has 1 fully saturated rings. The Morgan fingerprint density at radius 3 is 2.91 bits per heavy atom. The molecule has 0 bridgehead atoms. The fraction of sp³-hybridized carbons (Fsp3) is 0.571. The van der Waals surface area contributed by atoms with Gasteiger partial charge < -0.3 is 9.47 Å². The molecule has 0 spiro atoms. The summed E-state index contributed by atoms with van der Waals surface area (Å²) in [6.45, 7) is 5.68. The van der Waals surface area contributed by atoms with Gasteiger partial charge in [-0.3, -0.25) is 9.48 Å². The first-order valence-electron chi connectivity index (χ1n) is 7.46. The van der Waals surface area contributed by atoms with E-state index in [2.05, 4.69) is 26.8 Å². The number of thioether (sulfide) groups is 1. The molecular weight excluding hydrogens is 300 g/mol. The van der Waals surface area contributed by atoms with E-state index in [1.165, 1.54) is 11.8 Å². The summed E-state index contributed by atoms with van der Waals surface area (Å²) in [5.41, 5.74) is 0.863. The van der Waals surface area contributed by atoms with Crippen LogP contribution in [0.1, 0.15) is 25.6 Å². The number of carbonyl (C=O) groups is 1. The first-order chi connectivity index (χ1) is 10.6. The third-order valence-corrected chi connectivity index (χ3v) is 4.99. The standard InChI is InChI=1S/C14H20N6OS/c1-4-6-19-10(2)16-17-14(19)22-12-5-7-20(13(12)21)11-8-15-18(3)9-11/h8-9,12H,4-7H2,1-3H3/t12-/m1/s1. The van der Waals surface area contributed by atoms with Crippen molar-refractivity contribution < 1.29 is 4.79 Å². The van der Waals surface area contributed by atoms with Crippen LogP contribution in [0.4, 0.5) is 5.69 Å². The number of rotatable bonds is 5. The van der Waals surface area contributed by atoms with Gasteiger partial charge in [-0.25, -0.2) is 0 Å². The molecule has 118 valence electrons. The number of nitrogens with zero attached hydrogens (tertiary/aromatic N) is 6. The molecule has 2 aromatic heterocycles. The van der Waals surface area contributed by atoms with Crippen molar-refractivity contribution in [2.75, 3.05) is 11.4 Å². The van der Waals surface area contributed by atoms with Crippen LogP contribution in [0.5, 0.6) is 0 Å². The Balaban J connectivity index is 1.73. The Kier molecular flexibility index (Phi) is 4.19. The molecule has 1 aliphatic rings. The number of aromatic nitrogens is 5. The molecule has 0 aromatic carbocycles. The largest absolute Gasteiger partial charge is 0.308 e. The number of anilines is 1. The van der Waals surface area contributed by atoms with E-state index in [1.807, 2.05) is 20.2 Å². The summed E-state index contributed by atoms with van der Waals surface area (Å²) in [5.74, 6) is 1.03. The van der Waals surface area contributed by atoms with Crippen molar-refractivity contribution in [3.8, 4) is 0 Å². The van der Waals surface area contributed by atoms with E-state index in [-0.39, 0.29) is 11.2 Å². The lowest BCUT2D eigenvalue weighted by Gasteiger charge is -2.14. The highest BCUT2D eigenvalue weighted by Gasteiger charge is 2.35. The Bertz CT molecular complexity index is 679. The van der Waals surface area contributed by atoms with Gasteiger partial charge in [0.05, 0.1) is 17.1 Å². The van der Waals surface area contributed by atoms with E-state index in [4.69, 9.17) is 0 Å². The molecule has 0 aliphatic carbocycles. The smallest absolute Gasteiger partial charge is 0.240 e. The van der Waals surface area contributed by atoms with Crippen molar-refractivity contribution in [2.24, 2.45) is 7.05 Å². The molecule has 3 rings (SSSR count). The van der Waals surface area contributed by atoms with Crippen molar-refractivity contribution in [1.29, 1.82) is 0 Å². The summed E-state index contributed by atoms with van der Waals surface area (Å²) in [6, 6.07) is 0. The fourth-order valence-corrected chi connectivity index (χ4v) is 3.77. The molecule has 1 atom stereocenters. The van der Waals surface area contributed by atoms with Gasteiger partial charge in [-0.2, -0.15) is 5.10 Å². The molecule has 3 heterocycles. The van der Waals surface area contributed by atoms with E-state index in [0.29, 0.717) is 0 Å². The summed E-state index contributed by atoms with van der Waals surface area (Å²) in [6.07, 6.45) is 5.44. The third kappa shape index (κ3) is 2.75. The van der Waals surface area contributed by atoms with Crippen LogP contribution in [0.2, 0.25) is 0 Å². The van der Waals surface area contributed by atoms with E-state index in [1.54, 1.807) is 15.8 Å². The number of hydrogen-bond acceptors (Lipinski definition) is 5. The summed E-state index contributed by atoms with van der Waals surface area (Å²) in [7, 11) is 1.85. The zero-order valence-electron chi connectivity index (χ0n) is 13.1. The molecule has 2 aromatic rings. The van der Waals surface area contributed by atoms with Gasteiger partial charge in [-0.15, -0.1) is 10.2 Å². The maximum atomic E-state index is 12.6. The Labute approximate surface area is 133 Å². The van der Waals surface area contributed by atoms with E-state index in [9.17, 15) is 4.79 Å². The zero-order chi connectivity index (χ0) is 15.7. The van der Waals surface area contributed by atoms with Gasteiger partial charge in [-0.05, 0) is 19.8 Å². The van der Waals surface area contributed by atoms with Crippen molar-refractivity contribution in [3.05, 3.63) is 18.2 Å². The maximum Gasteiger partial charge on any atom is 0.240 e. The van der Waals surface area contributed by atoms with Crippen LogP contribution in [-0.4, -0.2) is 42.2 Å². The van der Waals surface area contributed by atoms with Crippen LogP contribution in [-0.2, 0) is 18.4 Å². The number of aryl methyl sites for hydroxylation is 2. The van der Waals surface area contributed by atoms with Crippen LogP contribution < -0.4 is 4.90 Å². The van der Waals surface area contributed by atoms with Gasteiger partial charge in [0, 0.05) is 26.3 Å². The monoisotopic (exact) mass is 320 g/mol. The van der Waals surface area contributed by atoms with Gasteiger partial charge in [0.2, 0.25) is 5.91 Å². The fourth-order valence-electron chi connectivity index (χ4n) is 2.62. The summed E-state index contributed by atoms with van der Waals surface area (Å²) in [5, 5.41) is 13.2. The minimum Gasteiger partial charge on any atom is -0.308 e. The molecule has 1 saturated heterocycles. The highest BCUT2D eigenvalue weighted by molar-refractivity contribution is 8.00. The highest BCUT2D eigenvalue weighted by Crippen LogP contribution is 2.32. The van der Waals surface area contributed by atoms with Crippen molar-refractivity contribution >= 4 is 23.4 Å². The lowest BCUT2D eigenvalue weighted by Crippen LogP contribution is -2.27. The Hall–Kier alpha value is -1.83. The summed E-state index contributed by atoms with van der Waals surface area (Å²) >= 11 is 1.52. The zero-order valence-corrected chi connectivity index (χ0v) is 13.9. The van der Waals surface area contributed by atoms with Gasteiger partial charge in [-0.1, -0.05) is 18.7 Å². The van der Waals surface area contributed by atoms with E-state index in [0.717, 1.165) is 42.6 Å². The number of carbonyl (C=O) groups excluding carboxylic acids is 1. The first-order valence-corrected chi connectivity index (χ1v) is 8.34. The molecule has 1 aliphatic heterocycles. The average molecular weight is 320 g/mol.